The smallest absolute Gasteiger partial charge is 0.131 e. The van der Waals surface area contributed by atoms with E-state index >= 15 is 0 Å². The molecule has 0 unspecified atom stereocenters. The van der Waals surface area contributed by atoms with E-state index in [-0.39, 0.29) is 12.2 Å². The van der Waals surface area contributed by atoms with Crippen LogP contribution < -0.4 is 0 Å². The molecule has 0 aliphatic carbocycles. The van der Waals surface area contributed by atoms with E-state index < -0.39 is 22.4 Å². The zero-order chi connectivity index (χ0) is 20.1. The number of hydrogen-bond acceptors (Lipinski definition) is 6. The molecule has 0 aromatic rings. The second-order valence-electron chi connectivity index (χ2n) is 10.2. The average molecular weight is 423 g/mol. The van der Waals surface area contributed by atoms with Gasteiger partial charge in [-0.1, -0.05) is 0 Å². The summed E-state index contributed by atoms with van der Waals surface area (Å²) in [6.45, 7) is 4.76. The lowest BCUT2D eigenvalue weighted by atomic mass is 9.56. The van der Waals surface area contributed by atoms with Gasteiger partial charge in [0.2, 0.25) is 0 Å². The molecule has 0 spiro atoms. The molecule has 6 aliphatic rings. The summed E-state index contributed by atoms with van der Waals surface area (Å²) in [5, 5.41) is 0. The lowest BCUT2D eigenvalue weighted by Crippen LogP contribution is -2.79. The normalized spacial score (nSPS) is 52.0. The third-order valence-electron chi connectivity index (χ3n) is 9.07. The van der Waals surface area contributed by atoms with Crippen molar-refractivity contribution in [1.29, 1.82) is 0 Å². The Kier molecular flexibility index (Phi) is 5.21. The van der Waals surface area contributed by atoms with Gasteiger partial charge >= 0.3 is 0 Å². The van der Waals surface area contributed by atoms with Crippen molar-refractivity contribution in [1.82, 2.24) is 0 Å². The molecule has 170 valence electrons. The van der Waals surface area contributed by atoms with Crippen LogP contribution in [0.5, 0.6) is 0 Å². The van der Waals surface area contributed by atoms with Crippen molar-refractivity contribution in [2.24, 2.45) is 0 Å². The third kappa shape index (κ3) is 2.52. The molecule has 6 aliphatic heterocycles. The zero-order valence-electron chi connectivity index (χ0n) is 18.3. The first-order valence-corrected chi connectivity index (χ1v) is 12.6. The standard InChI is InChI=1S/C24H38O6/c1-7-19(25-13-1)21(9-3-15-27-21)23(11-5-17-29-23)24(12-6-18-30-24)22(10-4-16-28-22)20-8-2-14-26-20/h19-20H,1-18H2/t19-,20+,21-,22+,23-,24-/m0/s1. The second kappa shape index (κ2) is 7.67. The predicted molar refractivity (Wildman–Crippen MR) is 110 cm³/mol. The third-order valence-corrected chi connectivity index (χ3v) is 9.07. The van der Waals surface area contributed by atoms with Crippen molar-refractivity contribution >= 4 is 0 Å². The highest BCUT2D eigenvalue weighted by molar-refractivity contribution is 5.28. The Morgan fingerprint density at radius 2 is 0.867 bits per heavy atom. The van der Waals surface area contributed by atoms with Gasteiger partial charge in [-0.3, -0.25) is 0 Å². The molecule has 0 bridgehead atoms. The van der Waals surface area contributed by atoms with Crippen LogP contribution >= 0.6 is 0 Å². The molecule has 30 heavy (non-hydrogen) atoms. The van der Waals surface area contributed by atoms with Crippen LogP contribution in [0.1, 0.15) is 77.0 Å². The lowest BCUT2D eigenvalue weighted by molar-refractivity contribution is -0.335. The maximum absolute atomic E-state index is 6.96. The Bertz CT molecular complexity index is 545. The molecule has 0 aromatic heterocycles. The van der Waals surface area contributed by atoms with E-state index in [1.165, 1.54) is 0 Å². The van der Waals surface area contributed by atoms with E-state index in [1.54, 1.807) is 0 Å². The topological polar surface area (TPSA) is 55.4 Å². The molecule has 6 fully saturated rings. The molecule has 6 rings (SSSR count). The van der Waals surface area contributed by atoms with Crippen molar-refractivity contribution in [2.45, 2.75) is 112 Å². The predicted octanol–water partition coefficient (Wildman–Crippen LogP) is 3.54. The first-order valence-electron chi connectivity index (χ1n) is 12.6. The fourth-order valence-electron chi connectivity index (χ4n) is 8.15. The average Bonchev–Trinajstić information content (AvgIpc) is 3.64. The van der Waals surface area contributed by atoms with Gasteiger partial charge in [0, 0.05) is 39.6 Å². The first-order chi connectivity index (χ1) is 14.8. The Balaban J connectivity index is 1.52. The second-order valence-corrected chi connectivity index (χ2v) is 10.2. The van der Waals surface area contributed by atoms with E-state index in [4.69, 9.17) is 28.4 Å². The van der Waals surface area contributed by atoms with Crippen LogP contribution in [0.2, 0.25) is 0 Å². The molecular formula is C24H38O6. The highest BCUT2D eigenvalue weighted by atomic mass is 16.6. The van der Waals surface area contributed by atoms with Gasteiger partial charge in [0.1, 0.15) is 22.4 Å². The van der Waals surface area contributed by atoms with Crippen LogP contribution in [0.15, 0.2) is 0 Å². The van der Waals surface area contributed by atoms with Gasteiger partial charge in [-0.15, -0.1) is 0 Å². The summed E-state index contributed by atoms with van der Waals surface area (Å²) in [4.78, 5) is 0. The van der Waals surface area contributed by atoms with Gasteiger partial charge in [-0.2, -0.15) is 0 Å². The number of rotatable bonds is 5. The summed E-state index contributed by atoms with van der Waals surface area (Å²) in [6, 6.07) is 0. The summed E-state index contributed by atoms with van der Waals surface area (Å²) in [5.41, 5.74) is -1.94. The summed E-state index contributed by atoms with van der Waals surface area (Å²) < 4.78 is 40.2. The van der Waals surface area contributed by atoms with Crippen LogP contribution in [-0.2, 0) is 28.4 Å². The Labute approximate surface area is 180 Å². The van der Waals surface area contributed by atoms with Gasteiger partial charge in [0.25, 0.3) is 0 Å². The van der Waals surface area contributed by atoms with Crippen LogP contribution in [0.4, 0.5) is 0 Å². The largest absolute Gasteiger partial charge is 0.375 e. The number of ether oxygens (including phenoxy) is 6. The van der Waals surface area contributed by atoms with Gasteiger partial charge < -0.3 is 28.4 Å². The van der Waals surface area contributed by atoms with Crippen molar-refractivity contribution in [3.63, 3.8) is 0 Å². The lowest BCUT2D eigenvalue weighted by Gasteiger charge is -2.61. The van der Waals surface area contributed by atoms with E-state index in [0.29, 0.717) is 0 Å². The van der Waals surface area contributed by atoms with Crippen molar-refractivity contribution in [2.75, 3.05) is 39.6 Å². The highest BCUT2D eigenvalue weighted by Crippen LogP contribution is 2.64. The van der Waals surface area contributed by atoms with E-state index in [1.807, 2.05) is 0 Å². The minimum absolute atomic E-state index is 0.0853. The first kappa shape index (κ1) is 20.4. The van der Waals surface area contributed by atoms with Gasteiger partial charge in [0.05, 0.1) is 12.2 Å². The molecule has 0 amide bonds. The van der Waals surface area contributed by atoms with Gasteiger partial charge in [0.15, 0.2) is 0 Å². The van der Waals surface area contributed by atoms with Crippen LogP contribution in [0, 0.1) is 0 Å². The fraction of sp³-hybridized carbons (Fsp3) is 1.00. The molecular weight excluding hydrogens is 384 g/mol. The van der Waals surface area contributed by atoms with Gasteiger partial charge in [-0.25, -0.2) is 0 Å². The summed E-state index contributed by atoms with van der Waals surface area (Å²) in [6.07, 6.45) is 12.6. The molecule has 6 heterocycles. The molecule has 0 radical (unpaired) electrons. The Hall–Kier alpha value is -0.240. The monoisotopic (exact) mass is 422 g/mol. The van der Waals surface area contributed by atoms with Crippen molar-refractivity contribution < 1.29 is 28.4 Å². The molecule has 0 aromatic carbocycles. The molecule has 6 atom stereocenters. The molecule has 6 nitrogen and oxygen atoms in total. The van der Waals surface area contributed by atoms with E-state index in [2.05, 4.69) is 0 Å². The Morgan fingerprint density at radius 1 is 0.433 bits per heavy atom. The SMILES string of the molecule is C1CO[C@H]([C@]2([C@]3([C@@]4([C@]5([C@H]6CCCO6)CCCO5)CCCO4)CCCO3)CCCO2)C1. The minimum Gasteiger partial charge on any atom is -0.375 e. The summed E-state index contributed by atoms with van der Waals surface area (Å²) >= 11 is 0. The fourth-order valence-corrected chi connectivity index (χ4v) is 8.15. The highest BCUT2D eigenvalue weighted by Gasteiger charge is 2.78. The van der Waals surface area contributed by atoms with Crippen LogP contribution in [0.3, 0.4) is 0 Å². The summed E-state index contributed by atoms with van der Waals surface area (Å²) in [5.74, 6) is 0. The summed E-state index contributed by atoms with van der Waals surface area (Å²) in [7, 11) is 0. The van der Waals surface area contributed by atoms with Crippen LogP contribution in [-0.4, -0.2) is 74.3 Å². The van der Waals surface area contributed by atoms with Crippen molar-refractivity contribution in [3.05, 3.63) is 0 Å². The maximum Gasteiger partial charge on any atom is 0.131 e. The number of hydrogen-bond donors (Lipinski definition) is 0. The van der Waals surface area contributed by atoms with Crippen LogP contribution in [0.25, 0.3) is 0 Å². The molecule has 6 heteroatoms. The van der Waals surface area contributed by atoms with E-state index in [9.17, 15) is 0 Å². The minimum atomic E-state index is -0.529. The zero-order valence-corrected chi connectivity index (χ0v) is 18.3. The molecule has 0 N–H and O–H groups in total. The Morgan fingerprint density at radius 3 is 1.17 bits per heavy atom. The molecule has 6 saturated heterocycles. The van der Waals surface area contributed by atoms with E-state index in [0.717, 1.165) is 117 Å². The molecule has 0 saturated carbocycles. The van der Waals surface area contributed by atoms with Gasteiger partial charge in [-0.05, 0) is 77.0 Å². The maximum atomic E-state index is 6.96. The quantitative estimate of drug-likeness (QED) is 0.676. The van der Waals surface area contributed by atoms with Crippen molar-refractivity contribution in [3.8, 4) is 0 Å².